The lowest BCUT2D eigenvalue weighted by Crippen LogP contribution is -2.22. The molecule has 0 aliphatic heterocycles. The summed E-state index contributed by atoms with van der Waals surface area (Å²) in [7, 11) is 1.52. The third-order valence-electron chi connectivity index (χ3n) is 2.94. The number of methoxy groups -OCH3 is 1. The van der Waals surface area contributed by atoms with Gasteiger partial charge in [0.15, 0.2) is 0 Å². The van der Waals surface area contributed by atoms with Gasteiger partial charge in [0.25, 0.3) is 5.91 Å². The fourth-order valence-electron chi connectivity index (χ4n) is 1.79. The van der Waals surface area contributed by atoms with E-state index in [2.05, 4.69) is 18.3 Å². The lowest BCUT2D eigenvalue weighted by Gasteiger charge is -2.07. The van der Waals surface area contributed by atoms with Gasteiger partial charge in [-0.3, -0.25) is 4.79 Å². The molecule has 5 heteroatoms. The van der Waals surface area contributed by atoms with Crippen LogP contribution in [-0.4, -0.2) is 18.1 Å². The van der Waals surface area contributed by atoms with Crippen molar-refractivity contribution in [3.8, 4) is 11.5 Å². The molecule has 1 aromatic heterocycles. The highest BCUT2D eigenvalue weighted by Gasteiger charge is 2.12. The molecule has 1 aromatic carbocycles. The van der Waals surface area contributed by atoms with Crippen molar-refractivity contribution in [3.05, 3.63) is 45.6 Å². The third-order valence-corrected chi connectivity index (χ3v) is 4.17. The first-order valence-corrected chi connectivity index (χ1v) is 7.18. The summed E-state index contributed by atoms with van der Waals surface area (Å²) in [5, 5.41) is 12.5. The first-order chi connectivity index (χ1) is 9.63. The van der Waals surface area contributed by atoms with E-state index in [1.54, 1.807) is 17.4 Å². The van der Waals surface area contributed by atoms with Crippen LogP contribution >= 0.6 is 11.3 Å². The summed E-state index contributed by atoms with van der Waals surface area (Å²) in [5.74, 6) is 0.175. The molecule has 106 valence electrons. The number of amides is 1. The van der Waals surface area contributed by atoms with Crippen LogP contribution in [0.3, 0.4) is 0 Å². The minimum absolute atomic E-state index is 0.0521. The van der Waals surface area contributed by atoms with Gasteiger partial charge in [-0.05, 0) is 36.8 Å². The Morgan fingerprint density at radius 1 is 1.30 bits per heavy atom. The molecule has 2 aromatic rings. The van der Waals surface area contributed by atoms with Crippen molar-refractivity contribution >= 4 is 17.2 Å². The molecule has 0 radical (unpaired) electrons. The highest BCUT2D eigenvalue weighted by atomic mass is 32.1. The van der Waals surface area contributed by atoms with Crippen molar-refractivity contribution in [2.75, 3.05) is 7.11 Å². The number of nitrogens with one attached hydrogen (secondary N) is 1. The summed E-state index contributed by atoms with van der Waals surface area (Å²) >= 11 is 1.68. The average Bonchev–Trinajstić information content (AvgIpc) is 2.93. The smallest absolute Gasteiger partial charge is 0.255 e. The highest BCUT2D eigenvalue weighted by molar-refractivity contribution is 7.11. The van der Waals surface area contributed by atoms with E-state index in [9.17, 15) is 9.90 Å². The number of ether oxygens (including phenoxy) is 1. The summed E-state index contributed by atoms with van der Waals surface area (Å²) in [6.07, 6.45) is 0.995. The molecule has 4 nitrogen and oxygen atoms in total. The molecule has 2 N–H and O–H groups in total. The van der Waals surface area contributed by atoms with Crippen molar-refractivity contribution < 1.29 is 14.6 Å². The Morgan fingerprint density at radius 3 is 2.70 bits per heavy atom. The molecule has 0 atom stereocenters. The Hall–Kier alpha value is -2.01. The predicted octanol–water partition coefficient (Wildman–Crippen LogP) is 2.95. The number of rotatable bonds is 5. The van der Waals surface area contributed by atoms with Crippen LogP contribution in [0.5, 0.6) is 11.5 Å². The van der Waals surface area contributed by atoms with Crippen LogP contribution < -0.4 is 10.1 Å². The predicted molar refractivity (Wildman–Crippen MR) is 79.5 cm³/mol. The number of carbonyl (C=O) groups is 1. The quantitative estimate of drug-likeness (QED) is 0.890. The lowest BCUT2D eigenvalue weighted by molar-refractivity contribution is 0.0948. The van der Waals surface area contributed by atoms with Crippen LogP contribution in [0.25, 0.3) is 0 Å². The van der Waals surface area contributed by atoms with Crippen molar-refractivity contribution in [2.45, 2.75) is 19.9 Å². The van der Waals surface area contributed by atoms with Gasteiger partial charge in [-0.25, -0.2) is 0 Å². The van der Waals surface area contributed by atoms with Crippen molar-refractivity contribution in [3.63, 3.8) is 0 Å². The number of phenolic OH excluding ortho intramolecular Hbond substituents is 1. The van der Waals surface area contributed by atoms with E-state index in [1.807, 2.05) is 6.07 Å². The molecule has 0 saturated heterocycles. The third kappa shape index (κ3) is 3.30. The highest BCUT2D eigenvalue weighted by Crippen LogP contribution is 2.23. The number of hydrogen-bond donors (Lipinski definition) is 2. The van der Waals surface area contributed by atoms with Gasteiger partial charge in [-0.1, -0.05) is 6.92 Å². The van der Waals surface area contributed by atoms with Crippen LogP contribution in [0.2, 0.25) is 0 Å². The molecule has 0 spiro atoms. The monoisotopic (exact) mass is 291 g/mol. The molecule has 0 fully saturated rings. The van der Waals surface area contributed by atoms with E-state index in [0.717, 1.165) is 11.3 Å². The zero-order valence-corrected chi connectivity index (χ0v) is 12.3. The Bertz CT molecular complexity index is 607. The molecular weight excluding hydrogens is 274 g/mol. The zero-order valence-electron chi connectivity index (χ0n) is 11.5. The van der Waals surface area contributed by atoms with Crippen LogP contribution in [0.15, 0.2) is 30.3 Å². The molecule has 0 bridgehead atoms. The maximum Gasteiger partial charge on any atom is 0.255 e. The van der Waals surface area contributed by atoms with Gasteiger partial charge in [-0.2, -0.15) is 0 Å². The molecule has 2 rings (SSSR count). The summed E-state index contributed by atoms with van der Waals surface area (Å²) in [4.78, 5) is 14.4. The minimum atomic E-state index is -0.312. The minimum Gasteiger partial charge on any atom is -0.507 e. The van der Waals surface area contributed by atoms with Crippen molar-refractivity contribution in [1.82, 2.24) is 5.32 Å². The summed E-state index contributed by atoms with van der Waals surface area (Å²) in [5.41, 5.74) is 0.219. The van der Waals surface area contributed by atoms with E-state index < -0.39 is 0 Å². The molecule has 0 saturated carbocycles. The fourth-order valence-corrected chi connectivity index (χ4v) is 2.69. The van der Waals surface area contributed by atoms with Gasteiger partial charge in [0, 0.05) is 9.75 Å². The number of carbonyl (C=O) groups excluding carboxylic acids is 1. The van der Waals surface area contributed by atoms with Gasteiger partial charge >= 0.3 is 0 Å². The van der Waals surface area contributed by atoms with Crippen molar-refractivity contribution in [1.29, 1.82) is 0 Å². The topological polar surface area (TPSA) is 58.6 Å². The normalized spacial score (nSPS) is 10.3. The number of benzene rings is 1. The Labute approximate surface area is 122 Å². The number of aryl methyl sites for hydroxylation is 1. The Kier molecular flexibility index (Phi) is 4.63. The zero-order chi connectivity index (χ0) is 14.5. The number of phenols is 1. The number of aromatic hydroxyl groups is 1. The van der Waals surface area contributed by atoms with E-state index in [0.29, 0.717) is 12.3 Å². The van der Waals surface area contributed by atoms with Gasteiger partial charge in [0.2, 0.25) is 0 Å². The first-order valence-electron chi connectivity index (χ1n) is 6.36. The number of hydrogen-bond acceptors (Lipinski definition) is 4. The van der Waals surface area contributed by atoms with Crippen LogP contribution in [0.4, 0.5) is 0 Å². The standard InChI is InChI=1S/C15H17NO3S/c1-3-11-5-6-12(20-11)9-16-15(18)13-8-10(19-2)4-7-14(13)17/h4-8,17H,3,9H2,1-2H3,(H,16,18). The molecule has 1 amide bonds. The largest absolute Gasteiger partial charge is 0.507 e. The second-order valence-electron chi connectivity index (χ2n) is 4.29. The van der Waals surface area contributed by atoms with Crippen LogP contribution in [0.1, 0.15) is 27.0 Å². The van der Waals surface area contributed by atoms with E-state index in [1.165, 1.54) is 24.1 Å². The van der Waals surface area contributed by atoms with Gasteiger partial charge < -0.3 is 15.2 Å². The molecular formula is C15H17NO3S. The van der Waals surface area contributed by atoms with Crippen LogP contribution in [-0.2, 0) is 13.0 Å². The fraction of sp³-hybridized carbons (Fsp3) is 0.267. The second-order valence-corrected chi connectivity index (χ2v) is 5.54. The van der Waals surface area contributed by atoms with Crippen LogP contribution in [0, 0.1) is 0 Å². The summed E-state index contributed by atoms with van der Waals surface area (Å²) < 4.78 is 5.05. The molecule has 0 aliphatic rings. The molecule has 20 heavy (non-hydrogen) atoms. The second kappa shape index (κ2) is 6.43. The maximum atomic E-state index is 12.1. The van der Waals surface area contributed by atoms with E-state index in [4.69, 9.17) is 4.74 Å². The van der Waals surface area contributed by atoms with Gasteiger partial charge in [-0.15, -0.1) is 11.3 Å². The maximum absolute atomic E-state index is 12.1. The van der Waals surface area contributed by atoms with Gasteiger partial charge in [0.05, 0.1) is 19.2 Å². The Morgan fingerprint density at radius 2 is 2.05 bits per heavy atom. The SMILES string of the molecule is CCc1ccc(CNC(=O)c2cc(OC)ccc2O)s1. The molecule has 0 unspecified atom stereocenters. The lowest BCUT2D eigenvalue weighted by atomic mass is 10.1. The first kappa shape index (κ1) is 14.4. The van der Waals surface area contributed by atoms with E-state index in [-0.39, 0.29) is 17.2 Å². The van der Waals surface area contributed by atoms with E-state index >= 15 is 0 Å². The average molecular weight is 291 g/mol. The summed E-state index contributed by atoms with van der Waals surface area (Å²) in [6, 6.07) is 8.66. The molecule has 0 aliphatic carbocycles. The van der Waals surface area contributed by atoms with Gasteiger partial charge in [0.1, 0.15) is 11.5 Å². The number of thiophene rings is 1. The summed E-state index contributed by atoms with van der Waals surface area (Å²) in [6.45, 7) is 2.56. The van der Waals surface area contributed by atoms with Crippen molar-refractivity contribution in [2.24, 2.45) is 0 Å². The Balaban J connectivity index is 2.04. The molecule has 1 heterocycles.